The van der Waals surface area contributed by atoms with Gasteiger partial charge in [-0.1, -0.05) is 24.3 Å². The molecule has 0 spiro atoms. The second kappa shape index (κ2) is 5.19. The van der Waals surface area contributed by atoms with Crippen molar-refractivity contribution in [2.24, 2.45) is 5.41 Å². The summed E-state index contributed by atoms with van der Waals surface area (Å²) in [7, 11) is 0. The molecule has 0 saturated heterocycles. The van der Waals surface area contributed by atoms with Crippen LogP contribution >= 0.6 is 0 Å². The van der Waals surface area contributed by atoms with Crippen LogP contribution in [0.5, 0.6) is 0 Å². The fourth-order valence-electron chi connectivity index (χ4n) is 2.20. The number of hydrogen-bond acceptors (Lipinski definition) is 2. The predicted octanol–water partition coefficient (Wildman–Crippen LogP) is 2.29. The molecule has 1 aromatic rings. The molecule has 2 rings (SSSR count). The van der Waals surface area contributed by atoms with Gasteiger partial charge in [-0.15, -0.1) is 0 Å². The quantitative estimate of drug-likeness (QED) is 0.790. The van der Waals surface area contributed by atoms with Gasteiger partial charge in [0.15, 0.2) is 0 Å². The Morgan fingerprint density at radius 1 is 1.35 bits per heavy atom. The summed E-state index contributed by atoms with van der Waals surface area (Å²) in [4.78, 5) is 0. The fourth-order valence-corrected chi connectivity index (χ4v) is 2.20. The maximum Gasteiger partial charge on any atom is 0.0499 e. The summed E-state index contributed by atoms with van der Waals surface area (Å²) in [5, 5.41) is 12.8. The van der Waals surface area contributed by atoms with E-state index in [4.69, 9.17) is 0 Å². The van der Waals surface area contributed by atoms with Crippen molar-refractivity contribution in [2.45, 2.75) is 39.2 Å². The fraction of sp³-hybridized carbons (Fsp3) is 0.600. The van der Waals surface area contributed by atoms with E-state index in [0.717, 1.165) is 13.0 Å². The minimum Gasteiger partial charge on any atom is -0.396 e. The first-order valence-corrected chi connectivity index (χ1v) is 6.54. The Labute approximate surface area is 104 Å². The summed E-state index contributed by atoms with van der Waals surface area (Å²) < 4.78 is 0. The van der Waals surface area contributed by atoms with Gasteiger partial charge in [-0.05, 0) is 44.2 Å². The van der Waals surface area contributed by atoms with Crippen LogP contribution in [0.25, 0.3) is 0 Å². The number of nitrogens with one attached hydrogen (secondary N) is 1. The molecule has 0 unspecified atom stereocenters. The molecule has 2 N–H and O–H groups in total. The van der Waals surface area contributed by atoms with Gasteiger partial charge in [0.05, 0.1) is 0 Å². The summed E-state index contributed by atoms with van der Waals surface area (Å²) in [6.07, 6.45) is 3.41. The molecule has 0 radical (unpaired) electrons. The topological polar surface area (TPSA) is 32.3 Å². The number of rotatable bonds is 6. The van der Waals surface area contributed by atoms with Crippen molar-refractivity contribution < 1.29 is 5.11 Å². The van der Waals surface area contributed by atoms with E-state index in [1.165, 1.54) is 24.0 Å². The van der Waals surface area contributed by atoms with E-state index < -0.39 is 0 Å². The normalized spacial score (nSPS) is 19.0. The minimum absolute atomic E-state index is 0.208. The molecule has 94 valence electrons. The number of hydrogen-bond donors (Lipinski definition) is 2. The Kier molecular flexibility index (Phi) is 3.85. The third kappa shape index (κ3) is 3.30. The zero-order chi connectivity index (χ0) is 12.3. The van der Waals surface area contributed by atoms with Gasteiger partial charge in [-0.2, -0.15) is 0 Å². The van der Waals surface area contributed by atoms with Crippen LogP contribution in [0.4, 0.5) is 0 Å². The average Bonchev–Trinajstić information content (AvgIpc) is 3.10. The first kappa shape index (κ1) is 12.6. The number of aryl methyl sites for hydroxylation is 1. The number of aliphatic hydroxyl groups is 1. The van der Waals surface area contributed by atoms with E-state index in [-0.39, 0.29) is 5.41 Å². The molecule has 0 aliphatic heterocycles. The van der Waals surface area contributed by atoms with E-state index in [1.54, 1.807) is 0 Å². The first-order chi connectivity index (χ1) is 8.15. The van der Waals surface area contributed by atoms with Gasteiger partial charge in [0, 0.05) is 24.6 Å². The highest BCUT2D eigenvalue weighted by Gasteiger charge is 2.41. The molecule has 1 aliphatic carbocycles. The summed E-state index contributed by atoms with van der Waals surface area (Å²) >= 11 is 0. The van der Waals surface area contributed by atoms with Crippen LogP contribution in [0.1, 0.15) is 30.9 Å². The Hall–Kier alpha value is -0.860. The van der Waals surface area contributed by atoms with E-state index in [2.05, 4.69) is 43.4 Å². The highest BCUT2D eigenvalue weighted by atomic mass is 16.3. The highest BCUT2D eigenvalue weighted by Crippen LogP contribution is 2.44. The molecule has 1 saturated carbocycles. The third-order valence-corrected chi connectivity index (χ3v) is 3.91. The van der Waals surface area contributed by atoms with Crippen LogP contribution in [-0.4, -0.2) is 24.3 Å². The molecule has 1 aromatic carbocycles. The first-order valence-electron chi connectivity index (χ1n) is 6.54. The maximum absolute atomic E-state index is 9.26. The van der Waals surface area contributed by atoms with Gasteiger partial charge in [-0.3, -0.25) is 0 Å². The molecule has 1 aliphatic rings. The molecule has 0 bridgehead atoms. The zero-order valence-electron chi connectivity index (χ0n) is 10.9. The molecule has 1 fully saturated rings. The van der Waals surface area contributed by atoms with E-state index in [9.17, 15) is 5.11 Å². The van der Waals surface area contributed by atoms with Crippen LogP contribution in [0.2, 0.25) is 0 Å². The molecule has 0 amide bonds. The lowest BCUT2D eigenvalue weighted by molar-refractivity contribution is 0.204. The molecular weight excluding hydrogens is 210 g/mol. The van der Waals surface area contributed by atoms with Crippen molar-refractivity contribution in [1.29, 1.82) is 0 Å². The Balaban J connectivity index is 1.81. The SMILES string of the molecule is Cc1ccccc1C[C@H](C)NCC1(CO)CC1. The van der Waals surface area contributed by atoms with Crippen LogP contribution in [0, 0.1) is 12.3 Å². The van der Waals surface area contributed by atoms with Gasteiger partial charge in [0.1, 0.15) is 0 Å². The van der Waals surface area contributed by atoms with Crippen LogP contribution in [0.15, 0.2) is 24.3 Å². The number of aliphatic hydroxyl groups excluding tert-OH is 1. The predicted molar refractivity (Wildman–Crippen MR) is 71.1 cm³/mol. The van der Waals surface area contributed by atoms with Crippen LogP contribution < -0.4 is 5.32 Å². The largest absolute Gasteiger partial charge is 0.396 e. The Morgan fingerprint density at radius 3 is 2.65 bits per heavy atom. The lowest BCUT2D eigenvalue weighted by Gasteiger charge is -2.19. The Bertz CT molecular complexity index is 371. The Morgan fingerprint density at radius 2 is 2.06 bits per heavy atom. The molecule has 2 heteroatoms. The maximum atomic E-state index is 9.26. The summed E-state index contributed by atoms with van der Waals surface area (Å²) in [5.74, 6) is 0. The highest BCUT2D eigenvalue weighted by molar-refractivity contribution is 5.26. The van der Waals surface area contributed by atoms with Gasteiger partial charge >= 0.3 is 0 Å². The molecule has 1 atom stereocenters. The van der Waals surface area contributed by atoms with Crippen molar-refractivity contribution in [3.05, 3.63) is 35.4 Å². The van der Waals surface area contributed by atoms with Gasteiger partial charge in [-0.25, -0.2) is 0 Å². The molecule has 17 heavy (non-hydrogen) atoms. The van der Waals surface area contributed by atoms with E-state index in [0.29, 0.717) is 12.6 Å². The van der Waals surface area contributed by atoms with Crippen molar-refractivity contribution in [2.75, 3.05) is 13.2 Å². The standard InChI is InChI=1S/C15H23NO/c1-12-5-3-4-6-14(12)9-13(2)16-10-15(11-17)7-8-15/h3-6,13,16-17H,7-11H2,1-2H3/t13-/m0/s1. The van der Waals surface area contributed by atoms with Crippen molar-refractivity contribution in [1.82, 2.24) is 5.32 Å². The molecule has 2 nitrogen and oxygen atoms in total. The van der Waals surface area contributed by atoms with Crippen molar-refractivity contribution in [3.63, 3.8) is 0 Å². The minimum atomic E-state index is 0.208. The van der Waals surface area contributed by atoms with E-state index >= 15 is 0 Å². The van der Waals surface area contributed by atoms with Gasteiger partial charge < -0.3 is 10.4 Å². The summed E-state index contributed by atoms with van der Waals surface area (Å²) in [5.41, 5.74) is 2.99. The monoisotopic (exact) mass is 233 g/mol. The second-order valence-electron chi connectivity index (χ2n) is 5.57. The molecule has 0 aromatic heterocycles. The van der Waals surface area contributed by atoms with Gasteiger partial charge in [0.25, 0.3) is 0 Å². The van der Waals surface area contributed by atoms with Gasteiger partial charge in [0.2, 0.25) is 0 Å². The summed E-state index contributed by atoms with van der Waals surface area (Å²) in [6, 6.07) is 9.03. The van der Waals surface area contributed by atoms with Crippen molar-refractivity contribution in [3.8, 4) is 0 Å². The number of benzene rings is 1. The van der Waals surface area contributed by atoms with Crippen LogP contribution in [0.3, 0.4) is 0 Å². The lowest BCUT2D eigenvalue weighted by Crippen LogP contribution is -2.34. The smallest absolute Gasteiger partial charge is 0.0499 e. The second-order valence-corrected chi connectivity index (χ2v) is 5.57. The van der Waals surface area contributed by atoms with Crippen LogP contribution in [-0.2, 0) is 6.42 Å². The molecule has 0 heterocycles. The lowest BCUT2D eigenvalue weighted by atomic mass is 10.0. The molecular formula is C15H23NO. The summed E-state index contributed by atoms with van der Waals surface area (Å²) in [6.45, 7) is 5.67. The third-order valence-electron chi connectivity index (χ3n) is 3.91. The van der Waals surface area contributed by atoms with Crippen molar-refractivity contribution >= 4 is 0 Å². The average molecular weight is 233 g/mol. The van der Waals surface area contributed by atoms with E-state index in [1.807, 2.05) is 0 Å². The zero-order valence-corrected chi connectivity index (χ0v) is 10.9.